The molecule has 0 heterocycles. The van der Waals surface area contributed by atoms with Gasteiger partial charge in [0.1, 0.15) is 0 Å². The zero-order valence-corrected chi connectivity index (χ0v) is 14.7. The standard InChI is InChI=1S/C19H34N2/c1-6-9-14-21(17(5)7-2)15-19(20-8-3)18-12-10-16(4)11-13-18/h10-13,17,19-20H,6-9,14-15H2,1-5H3. The summed E-state index contributed by atoms with van der Waals surface area (Å²) in [5, 5.41) is 3.66. The quantitative estimate of drug-likeness (QED) is 0.680. The number of hydrogen-bond acceptors (Lipinski definition) is 2. The summed E-state index contributed by atoms with van der Waals surface area (Å²) in [6.07, 6.45) is 3.77. The molecule has 1 aromatic carbocycles. The minimum atomic E-state index is 0.432. The van der Waals surface area contributed by atoms with E-state index in [1.54, 1.807) is 0 Å². The first kappa shape index (κ1) is 18.2. The van der Waals surface area contributed by atoms with Crippen LogP contribution in [0.2, 0.25) is 0 Å². The molecule has 0 aliphatic rings. The van der Waals surface area contributed by atoms with Gasteiger partial charge in [0.15, 0.2) is 0 Å². The molecular weight excluding hydrogens is 256 g/mol. The van der Waals surface area contributed by atoms with Gasteiger partial charge in [-0.15, -0.1) is 0 Å². The number of likely N-dealkylation sites (N-methyl/N-ethyl adjacent to an activating group) is 1. The molecule has 0 aromatic heterocycles. The van der Waals surface area contributed by atoms with Gasteiger partial charge in [0.05, 0.1) is 0 Å². The van der Waals surface area contributed by atoms with Gasteiger partial charge in [-0.1, -0.05) is 57.0 Å². The lowest BCUT2D eigenvalue weighted by Gasteiger charge is -2.32. The Kier molecular flexibility index (Phi) is 8.63. The topological polar surface area (TPSA) is 15.3 Å². The van der Waals surface area contributed by atoms with Gasteiger partial charge in [-0.05, 0) is 45.3 Å². The largest absolute Gasteiger partial charge is 0.309 e. The van der Waals surface area contributed by atoms with E-state index in [0.29, 0.717) is 12.1 Å². The summed E-state index contributed by atoms with van der Waals surface area (Å²) in [5.41, 5.74) is 2.74. The van der Waals surface area contributed by atoms with Gasteiger partial charge in [-0.2, -0.15) is 0 Å². The monoisotopic (exact) mass is 290 g/mol. The zero-order chi connectivity index (χ0) is 15.7. The van der Waals surface area contributed by atoms with Gasteiger partial charge in [0.25, 0.3) is 0 Å². The summed E-state index contributed by atoms with van der Waals surface area (Å²) in [5.74, 6) is 0. The van der Waals surface area contributed by atoms with E-state index in [2.05, 4.69) is 69.1 Å². The van der Waals surface area contributed by atoms with E-state index in [-0.39, 0.29) is 0 Å². The maximum Gasteiger partial charge on any atom is 0.0449 e. The van der Waals surface area contributed by atoms with Crippen LogP contribution in [0.1, 0.15) is 64.1 Å². The molecule has 0 aliphatic heterocycles. The third-order valence-electron chi connectivity index (χ3n) is 4.36. The maximum absolute atomic E-state index is 3.66. The van der Waals surface area contributed by atoms with Gasteiger partial charge in [0.2, 0.25) is 0 Å². The Morgan fingerprint density at radius 1 is 1.10 bits per heavy atom. The molecule has 0 saturated heterocycles. The molecule has 2 unspecified atom stereocenters. The van der Waals surface area contributed by atoms with Crippen LogP contribution >= 0.6 is 0 Å². The van der Waals surface area contributed by atoms with Crippen molar-refractivity contribution in [3.63, 3.8) is 0 Å². The molecule has 120 valence electrons. The number of aryl methyl sites for hydroxylation is 1. The van der Waals surface area contributed by atoms with Gasteiger partial charge < -0.3 is 5.32 Å². The van der Waals surface area contributed by atoms with Crippen molar-refractivity contribution >= 4 is 0 Å². The Bertz CT molecular complexity index is 372. The SMILES string of the molecule is CCCCN(CC(NCC)c1ccc(C)cc1)C(C)CC. The van der Waals surface area contributed by atoms with Crippen molar-refractivity contribution in [2.24, 2.45) is 0 Å². The first-order valence-electron chi connectivity index (χ1n) is 8.66. The molecule has 0 bridgehead atoms. The van der Waals surface area contributed by atoms with Crippen LogP contribution in [0.25, 0.3) is 0 Å². The van der Waals surface area contributed by atoms with E-state index in [1.165, 1.54) is 36.9 Å². The van der Waals surface area contributed by atoms with Crippen molar-refractivity contribution in [1.82, 2.24) is 10.2 Å². The molecule has 1 aromatic rings. The molecule has 0 radical (unpaired) electrons. The highest BCUT2D eigenvalue weighted by molar-refractivity contribution is 5.24. The van der Waals surface area contributed by atoms with Crippen molar-refractivity contribution in [1.29, 1.82) is 0 Å². The average molecular weight is 290 g/mol. The zero-order valence-electron chi connectivity index (χ0n) is 14.7. The highest BCUT2D eigenvalue weighted by Gasteiger charge is 2.18. The third kappa shape index (κ3) is 6.19. The number of hydrogen-bond donors (Lipinski definition) is 1. The van der Waals surface area contributed by atoms with E-state index in [0.717, 1.165) is 13.1 Å². The van der Waals surface area contributed by atoms with Crippen LogP contribution in [0.5, 0.6) is 0 Å². The van der Waals surface area contributed by atoms with Crippen LogP contribution < -0.4 is 5.32 Å². The Hall–Kier alpha value is -0.860. The highest BCUT2D eigenvalue weighted by Crippen LogP contribution is 2.18. The van der Waals surface area contributed by atoms with Gasteiger partial charge >= 0.3 is 0 Å². The number of nitrogens with one attached hydrogen (secondary N) is 1. The van der Waals surface area contributed by atoms with Crippen LogP contribution in [0.3, 0.4) is 0 Å². The molecular formula is C19H34N2. The molecule has 2 atom stereocenters. The first-order chi connectivity index (χ1) is 10.1. The lowest BCUT2D eigenvalue weighted by atomic mass is 10.0. The molecule has 0 aliphatic carbocycles. The van der Waals surface area contributed by atoms with E-state index in [4.69, 9.17) is 0 Å². The highest BCUT2D eigenvalue weighted by atomic mass is 15.2. The number of unbranched alkanes of at least 4 members (excludes halogenated alkanes) is 1. The molecule has 0 amide bonds. The van der Waals surface area contributed by atoms with Crippen molar-refractivity contribution in [2.45, 2.75) is 66.0 Å². The van der Waals surface area contributed by atoms with E-state index in [9.17, 15) is 0 Å². The van der Waals surface area contributed by atoms with E-state index >= 15 is 0 Å². The minimum Gasteiger partial charge on any atom is -0.309 e. The number of benzene rings is 1. The Morgan fingerprint density at radius 3 is 2.29 bits per heavy atom. The minimum absolute atomic E-state index is 0.432. The van der Waals surface area contributed by atoms with Crippen LogP contribution in [0, 0.1) is 6.92 Å². The number of rotatable bonds is 10. The molecule has 0 spiro atoms. The van der Waals surface area contributed by atoms with Crippen molar-refractivity contribution in [3.05, 3.63) is 35.4 Å². The second kappa shape index (κ2) is 9.97. The van der Waals surface area contributed by atoms with Gasteiger partial charge in [-0.3, -0.25) is 4.90 Å². The average Bonchev–Trinajstić information content (AvgIpc) is 2.50. The smallest absolute Gasteiger partial charge is 0.0449 e. The number of nitrogens with zero attached hydrogens (tertiary/aromatic N) is 1. The molecule has 0 saturated carbocycles. The van der Waals surface area contributed by atoms with Crippen LogP contribution in [-0.4, -0.2) is 30.6 Å². The molecule has 0 fully saturated rings. The normalized spacial score (nSPS) is 14.4. The summed E-state index contributed by atoms with van der Waals surface area (Å²) in [6.45, 7) is 14.6. The van der Waals surface area contributed by atoms with Crippen LogP contribution in [-0.2, 0) is 0 Å². The second-order valence-electron chi connectivity index (χ2n) is 6.13. The Morgan fingerprint density at radius 2 is 1.76 bits per heavy atom. The molecule has 1 rings (SSSR count). The fraction of sp³-hybridized carbons (Fsp3) is 0.684. The molecule has 2 heteroatoms. The van der Waals surface area contributed by atoms with E-state index in [1.807, 2.05) is 0 Å². The Balaban J connectivity index is 2.79. The maximum atomic E-state index is 3.66. The summed E-state index contributed by atoms with van der Waals surface area (Å²) in [4.78, 5) is 2.65. The predicted octanol–water partition coefficient (Wildman–Crippen LogP) is 4.55. The van der Waals surface area contributed by atoms with Crippen molar-refractivity contribution < 1.29 is 0 Å². The second-order valence-corrected chi connectivity index (χ2v) is 6.13. The first-order valence-corrected chi connectivity index (χ1v) is 8.66. The van der Waals surface area contributed by atoms with Crippen LogP contribution in [0.15, 0.2) is 24.3 Å². The van der Waals surface area contributed by atoms with Gasteiger partial charge in [0, 0.05) is 18.6 Å². The van der Waals surface area contributed by atoms with Crippen molar-refractivity contribution in [2.75, 3.05) is 19.6 Å². The summed E-state index contributed by atoms with van der Waals surface area (Å²) in [6, 6.07) is 10.1. The van der Waals surface area contributed by atoms with Crippen molar-refractivity contribution in [3.8, 4) is 0 Å². The summed E-state index contributed by atoms with van der Waals surface area (Å²) < 4.78 is 0. The Labute approximate surface area is 131 Å². The fourth-order valence-electron chi connectivity index (χ4n) is 2.68. The summed E-state index contributed by atoms with van der Waals surface area (Å²) in [7, 11) is 0. The lowest BCUT2D eigenvalue weighted by molar-refractivity contribution is 0.180. The van der Waals surface area contributed by atoms with Gasteiger partial charge in [-0.25, -0.2) is 0 Å². The predicted molar refractivity (Wildman–Crippen MR) is 93.8 cm³/mol. The fourth-order valence-corrected chi connectivity index (χ4v) is 2.68. The lowest BCUT2D eigenvalue weighted by Crippen LogP contribution is -2.40. The third-order valence-corrected chi connectivity index (χ3v) is 4.36. The molecule has 2 nitrogen and oxygen atoms in total. The molecule has 21 heavy (non-hydrogen) atoms. The molecule has 1 N–H and O–H groups in total. The summed E-state index contributed by atoms with van der Waals surface area (Å²) >= 11 is 0. The van der Waals surface area contributed by atoms with E-state index < -0.39 is 0 Å². The van der Waals surface area contributed by atoms with Crippen LogP contribution in [0.4, 0.5) is 0 Å².